The average Bonchev–Trinajstić information content (AvgIpc) is 2.47. The Morgan fingerprint density at radius 2 is 2.00 bits per heavy atom. The fourth-order valence-electron chi connectivity index (χ4n) is 2.30. The van der Waals surface area contributed by atoms with E-state index in [4.69, 9.17) is 21.1 Å². The van der Waals surface area contributed by atoms with Crippen LogP contribution in [0.5, 0.6) is 5.75 Å². The largest absolute Gasteiger partial charge is 0.495 e. The molecule has 0 aliphatic rings. The molecule has 0 aliphatic heterocycles. The molecule has 0 heterocycles. The number of nitrogens with one attached hydrogen (secondary N) is 1. The number of rotatable bonds is 9. The van der Waals surface area contributed by atoms with Crippen molar-refractivity contribution in [3.05, 3.63) is 28.8 Å². The summed E-state index contributed by atoms with van der Waals surface area (Å²) in [5, 5.41) is 4.20. The van der Waals surface area contributed by atoms with E-state index in [2.05, 4.69) is 19.2 Å². The van der Waals surface area contributed by atoms with E-state index < -0.39 is 0 Å². The Kier molecular flexibility index (Phi) is 7.97. The quantitative estimate of drug-likeness (QED) is 0.741. The summed E-state index contributed by atoms with van der Waals surface area (Å²) in [6, 6.07) is 6.08. The summed E-state index contributed by atoms with van der Waals surface area (Å²) in [7, 11) is 1.64. The maximum atomic E-state index is 6.10. The van der Waals surface area contributed by atoms with E-state index in [9.17, 15) is 0 Å². The number of ether oxygens (including phenoxy) is 2. The Balaban J connectivity index is 3.02. The highest BCUT2D eigenvalue weighted by molar-refractivity contribution is 6.32. The predicted octanol–water partition coefficient (Wildman–Crippen LogP) is 4.20. The van der Waals surface area contributed by atoms with E-state index in [1.54, 1.807) is 7.11 Å². The lowest BCUT2D eigenvalue weighted by atomic mass is 9.99. The van der Waals surface area contributed by atoms with Gasteiger partial charge >= 0.3 is 0 Å². The summed E-state index contributed by atoms with van der Waals surface area (Å²) in [6.45, 7) is 8.01. The summed E-state index contributed by atoms with van der Waals surface area (Å²) in [4.78, 5) is 0. The van der Waals surface area contributed by atoms with E-state index in [1.807, 2.05) is 25.1 Å². The van der Waals surface area contributed by atoms with Gasteiger partial charge in [0.25, 0.3) is 0 Å². The Labute approximate surface area is 127 Å². The van der Waals surface area contributed by atoms with Gasteiger partial charge in [-0.15, -0.1) is 0 Å². The predicted molar refractivity (Wildman–Crippen MR) is 84.7 cm³/mol. The van der Waals surface area contributed by atoms with Crippen LogP contribution in [-0.2, 0) is 4.74 Å². The number of halogens is 1. The molecule has 0 amide bonds. The van der Waals surface area contributed by atoms with Crippen molar-refractivity contribution in [1.29, 1.82) is 0 Å². The van der Waals surface area contributed by atoms with Gasteiger partial charge in [-0.1, -0.05) is 31.5 Å². The molecule has 20 heavy (non-hydrogen) atoms. The normalized spacial score (nSPS) is 14.1. The molecule has 1 rings (SSSR count). The van der Waals surface area contributed by atoms with Gasteiger partial charge in [-0.3, -0.25) is 0 Å². The zero-order valence-corrected chi connectivity index (χ0v) is 13.7. The smallest absolute Gasteiger partial charge is 0.137 e. The molecule has 1 N–H and O–H groups in total. The Morgan fingerprint density at radius 3 is 2.55 bits per heavy atom. The first-order valence-corrected chi connectivity index (χ1v) is 7.74. The van der Waals surface area contributed by atoms with E-state index in [0.29, 0.717) is 17.4 Å². The maximum absolute atomic E-state index is 6.10. The van der Waals surface area contributed by atoms with Crippen molar-refractivity contribution >= 4 is 11.6 Å². The number of benzene rings is 1. The fraction of sp³-hybridized carbons (Fsp3) is 0.625. The Hall–Kier alpha value is -0.770. The molecule has 0 radical (unpaired) electrons. The third-order valence-corrected chi connectivity index (χ3v) is 3.62. The number of methoxy groups -OCH3 is 1. The fourth-order valence-corrected chi connectivity index (χ4v) is 2.49. The SMILES string of the molecule is CCCNC(c1ccc(Cl)c(OC)c1)C(CC)OCC. The molecule has 0 aromatic heterocycles. The number of hydrogen-bond donors (Lipinski definition) is 1. The third-order valence-electron chi connectivity index (χ3n) is 3.30. The van der Waals surface area contributed by atoms with E-state index >= 15 is 0 Å². The van der Waals surface area contributed by atoms with Crippen LogP contribution in [0.3, 0.4) is 0 Å². The molecule has 2 unspecified atom stereocenters. The van der Waals surface area contributed by atoms with Crippen molar-refractivity contribution in [2.45, 2.75) is 45.8 Å². The van der Waals surface area contributed by atoms with Crippen molar-refractivity contribution in [2.24, 2.45) is 0 Å². The van der Waals surface area contributed by atoms with Crippen LogP contribution in [-0.4, -0.2) is 26.4 Å². The van der Waals surface area contributed by atoms with Gasteiger partial charge in [0.1, 0.15) is 5.75 Å². The van der Waals surface area contributed by atoms with E-state index in [-0.39, 0.29) is 12.1 Å². The van der Waals surface area contributed by atoms with Crippen LogP contribution in [0.2, 0.25) is 5.02 Å². The standard InChI is InChI=1S/C16H26ClNO2/c1-5-10-18-16(14(6-2)20-7-3)12-8-9-13(17)15(11-12)19-4/h8-9,11,14,16,18H,5-7,10H2,1-4H3. The van der Waals surface area contributed by atoms with Gasteiger partial charge in [-0.25, -0.2) is 0 Å². The molecular weight excluding hydrogens is 274 g/mol. The lowest BCUT2D eigenvalue weighted by molar-refractivity contribution is 0.0314. The van der Waals surface area contributed by atoms with Crippen LogP contribution < -0.4 is 10.1 Å². The Bertz CT molecular complexity index is 398. The zero-order chi connectivity index (χ0) is 15.0. The van der Waals surface area contributed by atoms with Crippen molar-refractivity contribution in [2.75, 3.05) is 20.3 Å². The molecular formula is C16H26ClNO2. The average molecular weight is 300 g/mol. The minimum atomic E-state index is 0.150. The highest BCUT2D eigenvalue weighted by Crippen LogP contribution is 2.30. The summed E-state index contributed by atoms with van der Waals surface area (Å²) in [5.41, 5.74) is 1.15. The molecule has 0 bridgehead atoms. The second kappa shape index (κ2) is 9.22. The number of hydrogen-bond acceptors (Lipinski definition) is 3. The molecule has 1 aromatic rings. The molecule has 0 fully saturated rings. The highest BCUT2D eigenvalue weighted by Gasteiger charge is 2.22. The van der Waals surface area contributed by atoms with Crippen LogP contribution in [0.1, 0.15) is 45.2 Å². The second-order valence-corrected chi connectivity index (χ2v) is 5.14. The van der Waals surface area contributed by atoms with Crippen molar-refractivity contribution in [3.63, 3.8) is 0 Å². The third kappa shape index (κ3) is 4.65. The van der Waals surface area contributed by atoms with Gasteiger partial charge in [0.05, 0.1) is 24.3 Å². The van der Waals surface area contributed by atoms with Gasteiger partial charge in [0.15, 0.2) is 0 Å². The maximum Gasteiger partial charge on any atom is 0.137 e. The molecule has 0 saturated carbocycles. The topological polar surface area (TPSA) is 30.5 Å². The molecule has 3 nitrogen and oxygen atoms in total. The van der Waals surface area contributed by atoms with Crippen LogP contribution >= 0.6 is 11.6 Å². The van der Waals surface area contributed by atoms with Crippen molar-refractivity contribution in [3.8, 4) is 5.75 Å². The summed E-state index contributed by atoms with van der Waals surface area (Å²) >= 11 is 6.10. The van der Waals surface area contributed by atoms with Gasteiger partial charge in [-0.05, 0) is 44.0 Å². The van der Waals surface area contributed by atoms with Gasteiger partial charge in [-0.2, -0.15) is 0 Å². The van der Waals surface area contributed by atoms with Crippen molar-refractivity contribution < 1.29 is 9.47 Å². The van der Waals surface area contributed by atoms with Crippen LogP contribution in [0.4, 0.5) is 0 Å². The molecule has 0 aliphatic carbocycles. The molecule has 4 heteroatoms. The van der Waals surface area contributed by atoms with E-state index in [1.165, 1.54) is 0 Å². The minimum absolute atomic E-state index is 0.150. The van der Waals surface area contributed by atoms with Crippen LogP contribution in [0.15, 0.2) is 18.2 Å². The zero-order valence-electron chi connectivity index (χ0n) is 12.9. The monoisotopic (exact) mass is 299 g/mol. The van der Waals surface area contributed by atoms with Gasteiger partial charge < -0.3 is 14.8 Å². The molecule has 114 valence electrons. The minimum Gasteiger partial charge on any atom is -0.495 e. The van der Waals surface area contributed by atoms with Crippen LogP contribution in [0.25, 0.3) is 0 Å². The lowest BCUT2D eigenvalue weighted by Crippen LogP contribution is -2.34. The van der Waals surface area contributed by atoms with Gasteiger partial charge in [0, 0.05) is 6.61 Å². The lowest BCUT2D eigenvalue weighted by Gasteiger charge is -2.28. The molecule has 2 atom stereocenters. The van der Waals surface area contributed by atoms with Crippen LogP contribution in [0, 0.1) is 0 Å². The molecule has 1 aromatic carbocycles. The van der Waals surface area contributed by atoms with Gasteiger partial charge in [0.2, 0.25) is 0 Å². The first-order valence-electron chi connectivity index (χ1n) is 7.36. The Morgan fingerprint density at radius 1 is 1.25 bits per heavy atom. The first kappa shape index (κ1) is 17.3. The molecule has 0 spiro atoms. The molecule has 0 saturated heterocycles. The highest BCUT2D eigenvalue weighted by atomic mass is 35.5. The van der Waals surface area contributed by atoms with E-state index in [0.717, 1.165) is 24.9 Å². The second-order valence-electron chi connectivity index (χ2n) is 4.73. The summed E-state index contributed by atoms with van der Waals surface area (Å²) < 4.78 is 11.2. The van der Waals surface area contributed by atoms with Crippen molar-refractivity contribution in [1.82, 2.24) is 5.32 Å². The first-order chi connectivity index (χ1) is 9.67. The summed E-state index contributed by atoms with van der Waals surface area (Å²) in [5.74, 6) is 0.707. The summed E-state index contributed by atoms with van der Waals surface area (Å²) in [6.07, 6.45) is 2.20.